The third kappa shape index (κ3) is 2.34. The largest absolute Gasteiger partial charge is 0.325 e. The molecule has 0 aliphatic carbocycles. The van der Waals surface area contributed by atoms with E-state index in [4.69, 9.17) is 5.73 Å². The van der Waals surface area contributed by atoms with E-state index in [9.17, 15) is 8.42 Å². The van der Waals surface area contributed by atoms with Crippen molar-refractivity contribution in [2.45, 2.75) is 18.4 Å². The maximum absolute atomic E-state index is 12.2. The van der Waals surface area contributed by atoms with Crippen molar-refractivity contribution in [3.05, 3.63) is 35.8 Å². The molecule has 8 heteroatoms. The van der Waals surface area contributed by atoms with Crippen LogP contribution in [0.4, 0.5) is 5.82 Å². The maximum atomic E-state index is 12.2. The summed E-state index contributed by atoms with van der Waals surface area (Å²) >= 11 is 0. The first-order valence-electron chi connectivity index (χ1n) is 5.22. The second-order valence-corrected chi connectivity index (χ2v) is 5.27. The molecule has 0 aromatic carbocycles. The minimum Gasteiger partial charge on any atom is -0.325 e. The smallest absolute Gasteiger partial charge is 0.266 e. The van der Waals surface area contributed by atoms with Crippen LogP contribution in [0.1, 0.15) is 11.4 Å². The molecule has 2 rings (SSSR count). The number of aromatic nitrogens is 3. The molecule has 96 valence electrons. The first kappa shape index (κ1) is 12.5. The van der Waals surface area contributed by atoms with Crippen LogP contribution in [0.2, 0.25) is 0 Å². The molecule has 0 unspecified atom stereocenters. The second-order valence-electron chi connectivity index (χ2n) is 3.65. The zero-order valence-electron chi connectivity index (χ0n) is 9.71. The van der Waals surface area contributed by atoms with Gasteiger partial charge in [-0.2, -0.15) is 5.10 Å². The number of sulfonamides is 1. The molecule has 2 aromatic heterocycles. The number of hydrogen-bond acceptors (Lipinski definition) is 5. The van der Waals surface area contributed by atoms with Gasteiger partial charge in [-0.15, -0.1) is 0 Å². The van der Waals surface area contributed by atoms with E-state index in [2.05, 4.69) is 19.9 Å². The van der Waals surface area contributed by atoms with Crippen molar-refractivity contribution in [1.29, 1.82) is 0 Å². The highest BCUT2D eigenvalue weighted by molar-refractivity contribution is 7.92. The Morgan fingerprint density at radius 3 is 2.83 bits per heavy atom. The SMILES string of the molecule is Cc1[nH]nc(CN)c1S(=O)(=O)Nc1ccccn1. The van der Waals surface area contributed by atoms with E-state index in [1.165, 1.54) is 6.20 Å². The minimum absolute atomic E-state index is 0.0444. The van der Waals surface area contributed by atoms with Gasteiger partial charge in [0.1, 0.15) is 10.7 Å². The summed E-state index contributed by atoms with van der Waals surface area (Å²) in [5.41, 5.74) is 6.21. The van der Waals surface area contributed by atoms with Crippen LogP contribution in [0.25, 0.3) is 0 Å². The van der Waals surface area contributed by atoms with E-state index in [1.807, 2.05) is 0 Å². The van der Waals surface area contributed by atoms with Crippen molar-refractivity contribution >= 4 is 15.8 Å². The maximum Gasteiger partial charge on any atom is 0.266 e. The monoisotopic (exact) mass is 267 g/mol. The quantitative estimate of drug-likeness (QED) is 0.740. The van der Waals surface area contributed by atoms with Crippen molar-refractivity contribution in [2.24, 2.45) is 5.73 Å². The normalized spacial score (nSPS) is 11.4. The number of H-pyrrole nitrogens is 1. The van der Waals surface area contributed by atoms with Crippen molar-refractivity contribution in [2.75, 3.05) is 4.72 Å². The molecule has 0 fully saturated rings. The van der Waals surface area contributed by atoms with E-state index in [0.29, 0.717) is 11.4 Å². The summed E-state index contributed by atoms with van der Waals surface area (Å²) in [6.45, 7) is 1.67. The standard InChI is InChI=1S/C10H13N5O2S/c1-7-10(8(6-11)14-13-7)18(16,17)15-9-4-2-3-5-12-9/h2-5H,6,11H2,1H3,(H,12,15)(H,13,14). The lowest BCUT2D eigenvalue weighted by molar-refractivity contribution is 0.599. The zero-order chi connectivity index (χ0) is 13.2. The predicted molar refractivity (Wildman–Crippen MR) is 66.3 cm³/mol. The Morgan fingerprint density at radius 2 is 2.22 bits per heavy atom. The lowest BCUT2D eigenvalue weighted by Gasteiger charge is -2.07. The number of pyridine rings is 1. The Hall–Kier alpha value is -1.93. The molecule has 0 saturated carbocycles. The van der Waals surface area contributed by atoms with Gasteiger partial charge in [-0.25, -0.2) is 13.4 Å². The van der Waals surface area contributed by atoms with Gasteiger partial charge in [0, 0.05) is 12.7 Å². The third-order valence-electron chi connectivity index (χ3n) is 2.33. The molecule has 0 amide bonds. The van der Waals surface area contributed by atoms with Crippen LogP contribution in [0, 0.1) is 6.92 Å². The Labute approximate surface area is 104 Å². The summed E-state index contributed by atoms with van der Waals surface area (Å²) < 4.78 is 26.8. The number of hydrogen-bond donors (Lipinski definition) is 3. The third-order valence-corrected chi connectivity index (χ3v) is 3.88. The summed E-state index contributed by atoms with van der Waals surface area (Å²) in [4.78, 5) is 3.99. The second kappa shape index (κ2) is 4.75. The van der Waals surface area contributed by atoms with E-state index in [-0.39, 0.29) is 17.3 Å². The summed E-state index contributed by atoms with van der Waals surface area (Å²) in [5, 5.41) is 6.46. The van der Waals surface area contributed by atoms with E-state index < -0.39 is 10.0 Å². The lowest BCUT2D eigenvalue weighted by atomic mass is 10.4. The number of nitrogens with two attached hydrogens (primary N) is 1. The fraction of sp³-hybridized carbons (Fsp3) is 0.200. The van der Waals surface area contributed by atoms with Crippen molar-refractivity contribution in [3.8, 4) is 0 Å². The van der Waals surface area contributed by atoms with Crippen LogP contribution in [0.3, 0.4) is 0 Å². The summed E-state index contributed by atoms with van der Waals surface area (Å²) in [6, 6.07) is 4.96. The number of anilines is 1. The highest BCUT2D eigenvalue weighted by Crippen LogP contribution is 2.19. The molecule has 0 spiro atoms. The van der Waals surface area contributed by atoms with Gasteiger partial charge in [-0.3, -0.25) is 9.82 Å². The van der Waals surface area contributed by atoms with Crippen LogP contribution < -0.4 is 10.5 Å². The van der Waals surface area contributed by atoms with Crippen molar-refractivity contribution in [3.63, 3.8) is 0 Å². The lowest BCUT2D eigenvalue weighted by Crippen LogP contribution is -2.17. The zero-order valence-corrected chi connectivity index (χ0v) is 10.5. The topological polar surface area (TPSA) is 114 Å². The molecule has 2 heterocycles. The van der Waals surface area contributed by atoms with E-state index in [1.54, 1.807) is 25.1 Å². The predicted octanol–water partition coefficient (Wildman–Crippen LogP) is 0.373. The van der Waals surface area contributed by atoms with Crippen molar-refractivity contribution < 1.29 is 8.42 Å². The number of aromatic amines is 1. The van der Waals surface area contributed by atoms with Gasteiger partial charge in [0.15, 0.2) is 0 Å². The van der Waals surface area contributed by atoms with Crippen LogP contribution in [0.5, 0.6) is 0 Å². The number of aryl methyl sites for hydroxylation is 1. The highest BCUT2D eigenvalue weighted by atomic mass is 32.2. The summed E-state index contributed by atoms with van der Waals surface area (Å²) in [5.74, 6) is 0.251. The molecule has 0 aliphatic rings. The average Bonchev–Trinajstić information content (AvgIpc) is 2.72. The number of rotatable bonds is 4. The van der Waals surface area contributed by atoms with Gasteiger partial charge < -0.3 is 5.73 Å². The first-order chi connectivity index (χ1) is 8.54. The Balaban J connectivity index is 2.40. The van der Waals surface area contributed by atoms with Gasteiger partial charge >= 0.3 is 0 Å². The number of nitrogens with one attached hydrogen (secondary N) is 2. The molecule has 4 N–H and O–H groups in total. The highest BCUT2D eigenvalue weighted by Gasteiger charge is 2.23. The van der Waals surface area contributed by atoms with E-state index >= 15 is 0 Å². The molecule has 0 bridgehead atoms. The van der Waals surface area contributed by atoms with Gasteiger partial charge in [-0.1, -0.05) is 6.07 Å². The molecule has 0 aliphatic heterocycles. The molecule has 0 atom stereocenters. The molecule has 7 nitrogen and oxygen atoms in total. The number of nitrogens with zero attached hydrogens (tertiary/aromatic N) is 2. The van der Waals surface area contributed by atoms with Crippen LogP contribution in [-0.4, -0.2) is 23.6 Å². The Kier molecular flexibility index (Phi) is 3.30. The first-order valence-corrected chi connectivity index (χ1v) is 6.70. The molecular formula is C10H13N5O2S. The summed E-state index contributed by atoms with van der Waals surface area (Å²) in [6.07, 6.45) is 1.50. The molecule has 2 aromatic rings. The Bertz CT molecular complexity index is 636. The Morgan fingerprint density at radius 1 is 1.44 bits per heavy atom. The fourth-order valence-corrected chi connectivity index (χ4v) is 2.96. The molecule has 0 radical (unpaired) electrons. The van der Waals surface area contributed by atoms with E-state index in [0.717, 1.165) is 0 Å². The summed E-state index contributed by atoms with van der Waals surface area (Å²) in [7, 11) is -3.73. The van der Waals surface area contributed by atoms with Crippen LogP contribution in [-0.2, 0) is 16.6 Å². The van der Waals surface area contributed by atoms with Gasteiger partial charge in [-0.05, 0) is 19.1 Å². The van der Waals surface area contributed by atoms with Gasteiger partial charge in [0.25, 0.3) is 10.0 Å². The fourth-order valence-electron chi connectivity index (χ4n) is 1.58. The van der Waals surface area contributed by atoms with Gasteiger partial charge in [0.05, 0.1) is 11.4 Å². The van der Waals surface area contributed by atoms with Crippen molar-refractivity contribution in [1.82, 2.24) is 15.2 Å². The molecular weight excluding hydrogens is 254 g/mol. The minimum atomic E-state index is -3.73. The van der Waals surface area contributed by atoms with Crippen LogP contribution in [0.15, 0.2) is 29.3 Å². The van der Waals surface area contributed by atoms with Gasteiger partial charge in [0.2, 0.25) is 0 Å². The average molecular weight is 267 g/mol. The van der Waals surface area contributed by atoms with Crippen LogP contribution >= 0.6 is 0 Å². The molecule has 0 saturated heterocycles. The molecule has 18 heavy (non-hydrogen) atoms.